The molecule has 6 aliphatic heterocycles. The second-order valence-corrected chi connectivity index (χ2v) is 35.6. The van der Waals surface area contributed by atoms with Gasteiger partial charge in [-0.2, -0.15) is 0 Å². The van der Waals surface area contributed by atoms with Crippen molar-refractivity contribution in [1.82, 2.24) is 4.90 Å². The van der Waals surface area contributed by atoms with Gasteiger partial charge in [0.2, 0.25) is 6.29 Å². The van der Waals surface area contributed by atoms with E-state index in [1.54, 1.807) is 6.92 Å². The number of ether oxygens (including phenoxy) is 10. The van der Waals surface area contributed by atoms with Gasteiger partial charge in [0.05, 0.1) is 49.8 Å². The molecule has 15 N–H and O–H groups in total. The molecule has 10 fully saturated rings. The summed E-state index contributed by atoms with van der Waals surface area (Å²) in [6.45, 7) is 19.6. The summed E-state index contributed by atoms with van der Waals surface area (Å²) in [5.74, 6) is -1.29. The van der Waals surface area contributed by atoms with Crippen LogP contribution >= 0.6 is 11.6 Å². The molecule has 0 bridgehead atoms. The van der Waals surface area contributed by atoms with Crippen LogP contribution in [0.1, 0.15) is 162 Å². The number of Topliss-reactive ketones (excluding diaryl/α,β-unsaturated/α-hetero) is 1. The Morgan fingerprint density at radius 2 is 1.15 bits per heavy atom. The lowest BCUT2D eigenvalue weighted by molar-refractivity contribution is -0.374. The van der Waals surface area contributed by atoms with Gasteiger partial charge in [-0.25, -0.2) is 4.39 Å². The van der Waals surface area contributed by atoms with Crippen molar-refractivity contribution in [2.45, 2.75) is 305 Å². The van der Waals surface area contributed by atoms with Gasteiger partial charge in [-0.05, 0) is 184 Å². The van der Waals surface area contributed by atoms with Crippen LogP contribution in [0.2, 0.25) is 5.02 Å². The quantitative estimate of drug-likeness (QED) is 0.0468. The highest BCUT2D eigenvalue weighted by Gasteiger charge is 2.72. The molecule has 32 atom stereocenters. The highest BCUT2D eigenvalue weighted by Crippen LogP contribution is 2.76. The topological polar surface area (TPSA) is 433 Å². The molecule has 6 heterocycles. The van der Waals surface area contributed by atoms with E-state index in [0.29, 0.717) is 55.5 Å². The van der Waals surface area contributed by atoms with Crippen LogP contribution in [0.4, 0.5) is 4.39 Å². The Morgan fingerprint density at radius 1 is 0.587 bits per heavy atom. The second-order valence-electron chi connectivity index (χ2n) is 35.2. The molecule has 5 aliphatic carbocycles. The molecule has 32 unspecified atom stereocenters. The lowest BCUT2D eigenvalue weighted by atomic mass is 9.33. The molecular formula is C79H117ClFNO27. The van der Waals surface area contributed by atoms with Gasteiger partial charge in [-0.1, -0.05) is 83.8 Å². The Bertz CT molecular complexity index is 3460. The van der Waals surface area contributed by atoms with Crippen LogP contribution in [0.3, 0.4) is 0 Å². The van der Waals surface area contributed by atoms with Gasteiger partial charge in [0.1, 0.15) is 103 Å². The Balaban J connectivity index is 0.000000358. The maximum absolute atomic E-state index is 15.4. The maximum Gasteiger partial charge on any atom is 0.317 e. The van der Waals surface area contributed by atoms with Crippen LogP contribution in [0, 0.1) is 56.1 Å². The summed E-state index contributed by atoms with van der Waals surface area (Å²) >= 11 is 5.92. The minimum atomic E-state index is -1.93. The number of piperidine rings is 1. The Labute approximate surface area is 640 Å². The zero-order chi connectivity index (χ0) is 79.2. The summed E-state index contributed by atoms with van der Waals surface area (Å²) in [4.78, 5) is 29.8. The summed E-state index contributed by atoms with van der Waals surface area (Å²) in [5.41, 5.74) is -1.61. The number of allylic oxidation sites excluding steroid dienone is 2. The van der Waals surface area contributed by atoms with E-state index in [2.05, 4.69) is 59.4 Å². The lowest BCUT2D eigenvalue weighted by Gasteiger charge is -2.71. The van der Waals surface area contributed by atoms with Crippen LogP contribution in [-0.2, 0) is 57.8 Å². The largest absolute Gasteiger partial charge is 0.432 e. The molecule has 2 aromatic rings. The summed E-state index contributed by atoms with van der Waals surface area (Å²) in [6.07, 6.45) is -26.7. The number of hydrogen-bond donors (Lipinski definition) is 15. The number of nitrogens with zero attached hydrogens (tertiary/aromatic N) is 1. The number of likely N-dealkylation sites (tertiary alicyclic amines) is 1. The predicted molar refractivity (Wildman–Crippen MR) is 383 cm³/mol. The number of aliphatic hydroxyl groups excluding tert-OH is 14. The van der Waals surface area contributed by atoms with Crippen LogP contribution in [0.15, 0.2) is 60.2 Å². The number of carbonyl (C=O) groups is 2. The van der Waals surface area contributed by atoms with Crippen LogP contribution < -0.4 is 0 Å². The predicted octanol–water partition coefficient (Wildman–Crippen LogP) is 2.52. The first-order valence-corrected chi connectivity index (χ1v) is 39.3. The molecule has 28 nitrogen and oxygen atoms in total. The van der Waals surface area contributed by atoms with E-state index < -0.39 is 200 Å². The van der Waals surface area contributed by atoms with Gasteiger partial charge in [0, 0.05) is 30.1 Å². The molecule has 4 saturated carbocycles. The van der Waals surface area contributed by atoms with Crippen LogP contribution in [-0.4, -0.2) is 286 Å². The van der Waals surface area contributed by atoms with Gasteiger partial charge in [-0.3, -0.25) is 9.59 Å². The van der Waals surface area contributed by atoms with Gasteiger partial charge < -0.3 is 129 Å². The van der Waals surface area contributed by atoms with E-state index in [-0.39, 0.29) is 59.1 Å². The van der Waals surface area contributed by atoms with Crippen molar-refractivity contribution in [3.05, 3.63) is 82.1 Å². The van der Waals surface area contributed by atoms with Gasteiger partial charge in [-0.15, -0.1) is 0 Å². The molecule has 109 heavy (non-hydrogen) atoms. The third-order valence-electron chi connectivity index (χ3n) is 27.8. The third-order valence-corrected chi connectivity index (χ3v) is 28.0. The van der Waals surface area contributed by atoms with Crippen LogP contribution in [0.25, 0.3) is 0 Å². The fraction of sp³-hybridized carbons (Fsp3) is 0.797. The summed E-state index contributed by atoms with van der Waals surface area (Å²) < 4.78 is 72.5. The number of aliphatic hydroxyl groups is 15. The average molecular weight is 1570 g/mol. The SMILES string of the molecule is CC1OC(OC2CCC3(C)C(CCC4(C)C3CC=C3C5CC(C)(C)CCC5(C(=O)OC5OCC(O)C(O)C5OC5OC(C)C(OC6OC(CO)C(O)C(O)C6O)C(O)C5O)C(O)CC34C)C2(C)C)C(O)C(O)C1OC1OCC(O)C(O)C1O.O=C(CCCN1CCC(O)(c2ccc(Cl)cc2)CC1)c1ccc(F)cc1. The normalized spacial score (nSPS) is 46.1. The molecule has 614 valence electrons. The smallest absolute Gasteiger partial charge is 0.317 e. The first-order chi connectivity index (χ1) is 51.2. The molecule has 13 rings (SSSR count). The molecule has 6 saturated heterocycles. The summed E-state index contributed by atoms with van der Waals surface area (Å²) in [6, 6.07) is 13.1. The van der Waals surface area contributed by atoms with Crippen molar-refractivity contribution in [3.63, 3.8) is 0 Å². The number of halogens is 2. The van der Waals surface area contributed by atoms with E-state index in [1.165, 1.54) is 31.2 Å². The van der Waals surface area contributed by atoms with E-state index in [4.69, 9.17) is 59.0 Å². The Hall–Kier alpha value is -3.46. The van der Waals surface area contributed by atoms with E-state index in [1.807, 2.05) is 24.3 Å². The van der Waals surface area contributed by atoms with Crippen molar-refractivity contribution in [3.8, 4) is 0 Å². The molecule has 11 aliphatic rings. The third kappa shape index (κ3) is 16.1. The molecule has 2 aromatic carbocycles. The zero-order valence-electron chi connectivity index (χ0n) is 63.6. The lowest BCUT2D eigenvalue weighted by Crippen LogP contribution is -2.68. The number of fused-ring (bicyclic) bond motifs is 7. The molecular weight excluding hydrogens is 1450 g/mol. The minimum absolute atomic E-state index is 0.0414. The summed E-state index contributed by atoms with van der Waals surface area (Å²) in [7, 11) is 0. The molecule has 0 amide bonds. The van der Waals surface area contributed by atoms with Crippen molar-refractivity contribution in [2.24, 2.45) is 50.2 Å². The van der Waals surface area contributed by atoms with Crippen molar-refractivity contribution < 1.29 is 138 Å². The number of hydrogen-bond acceptors (Lipinski definition) is 28. The highest BCUT2D eigenvalue weighted by molar-refractivity contribution is 6.30. The number of ketones is 1. The van der Waals surface area contributed by atoms with E-state index in [0.717, 1.165) is 56.5 Å². The minimum Gasteiger partial charge on any atom is -0.432 e. The summed E-state index contributed by atoms with van der Waals surface area (Å²) in [5, 5.41) is 164. The fourth-order valence-electron chi connectivity index (χ4n) is 20.9. The van der Waals surface area contributed by atoms with Crippen molar-refractivity contribution in [1.29, 1.82) is 0 Å². The van der Waals surface area contributed by atoms with E-state index >= 15 is 4.79 Å². The number of carbonyl (C=O) groups excluding carboxylic acids is 2. The van der Waals surface area contributed by atoms with Gasteiger partial charge in [0.25, 0.3) is 0 Å². The van der Waals surface area contributed by atoms with Crippen molar-refractivity contribution in [2.75, 3.05) is 39.5 Å². The van der Waals surface area contributed by atoms with Crippen molar-refractivity contribution >= 4 is 23.4 Å². The fourth-order valence-corrected chi connectivity index (χ4v) is 21.0. The standard InChI is InChI=1S/C58H94O25.C21H23ClFNO2/c1-23-44(80-47-40(69)34(63)27(60)21-74-47)38(67)42(71)48(76-23)79-33-13-14-55(7)30(54(33,5)6)12-15-56(8)31(55)11-10-25-26-18-53(3,4)16-17-58(26,32(62)19-57(25,56)9)52(73)83-51-46(35(64)28(61)22-75-51)82-49-43(72)39(68)45(24(2)77-49)81-50-41(70)37(66)36(65)29(20-59)78-50;22-18-7-5-17(6-8-18)21(26)11-14-24(15-12-21)13-1-2-20(25)16-3-9-19(23)10-4-16/h10,23-24,26-51,59-72H,11-22H2,1-9H3;3-10,26H,1-2,11-15H2. The Morgan fingerprint density at radius 3 is 1.77 bits per heavy atom. The highest BCUT2D eigenvalue weighted by atomic mass is 35.5. The number of rotatable bonds is 17. The van der Waals surface area contributed by atoms with Gasteiger partial charge >= 0.3 is 5.97 Å². The first kappa shape index (κ1) is 84.9. The number of esters is 1. The molecule has 30 heteroatoms. The zero-order valence-corrected chi connectivity index (χ0v) is 64.4. The molecule has 0 aromatic heterocycles. The first-order valence-electron chi connectivity index (χ1n) is 38.9. The molecule has 0 spiro atoms. The number of benzene rings is 2. The van der Waals surface area contributed by atoms with E-state index in [9.17, 15) is 85.8 Å². The molecule has 0 radical (unpaired) electrons. The van der Waals surface area contributed by atoms with Gasteiger partial charge in [0.15, 0.2) is 37.0 Å². The monoisotopic (exact) mass is 1570 g/mol. The maximum atomic E-state index is 15.4. The Kier molecular flexibility index (Phi) is 25.6. The average Bonchev–Trinajstić information content (AvgIpc) is 0.670. The van der Waals surface area contributed by atoms with Crippen LogP contribution in [0.5, 0.6) is 0 Å². The second kappa shape index (κ2) is 32.9.